The minimum atomic E-state index is -0.503. The second-order valence-electron chi connectivity index (χ2n) is 7.52. The molecule has 22 heavy (non-hydrogen) atoms. The number of hydrogen-bond acceptors (Lipinski definition) is 4. The van der Waals surface area contributed by atoms with Crippen LogP contribution in [-0.4, -0.2) is 41.3 Å². The predicted molar refractivity (Wildman–Crippen MR) is 78.5 cm³/mol. The van der Waals surface area contributed by atoms with Crippen molar-refractivity contribution in [1.82, 2.24) is 0 Å². The fourth-order valence-corrected chi connectivity index (χ4v) is 5.68. The number of Topliss-reactive ketones (excluding diaryl/α,β-unsaturated/α-hetero) is 1. The highest BCUT2D eigenvalue weighted by atomic mass is 16.5. The number of rotatable bonds is 0. The number of ketones is 1. The molecule has 2 fully saturated rings. The van der Waals surface area contributed by atoms with Gasteiger partial charge in [0.2, 0.25) is 0 Å². The van der Waals surface area contributed by atoms with Crippen LogP contribution >= 0.6 is 0 Å². The number of quaternary nitrogens is 1. The second kappa shape index (κ2) is 3.66. The Morgan fingerprint density at radius 2 is 2.27 bits per heavy atom. The molecule has 1 saturated heterocycles. The van der Waals surface area contributed by atoms with Gasteiger partial charge in [-0.3, -0.25) is 4.79 Å². The third-order valence-corrected chi connectivity index (χ3v) is 6.61. The number of phenolic OH excluding ortho intramolecular Hbond substituents is 1. The summed E-state index contributed by atoms with van der Waals surface area (Å²) in [6.07, 6.45) is 2.15. The summed E-state index contributed by atoms with van der Waals surface area (Å²) < 4.78 is 5.76. The SMILES string of the molecule is C[N+]1([O-])CCC23c4c5ccc(O)c4OC2C(=O)CCC3C1C5. The number of carbonyl (C=O) groups is 1. The zero-order valence-electron chi connectivity index (χ0n) is 12.5. The maximum atomic E-state index is 13.0. The van der Waals surface area contributed by atoms with Crippen LogP contribution in [0.5, 0.6) is 11.5 Å². The van der Waals surface area contributed by atoms with Crippen LogP contribution in [0.3, 0.4) is 0 Å². The number of likely N-dealkylation sites (tertiary alicyclic amines) is 1. The third-order valence-electron chi connectivity index (χ3n) is 6.61. The van der Waals surface area contributed by atoms with Crippen molar-refractivity contribution >= 4 is 5.78 Å². The fourth-order valence-electron chi connectivity index (χ4n) is 5.68. The lowest BCUT2D eigenvalue weighted by Crippen LogP contribution is -2.70. The van der Waals surface area contributed by atoms with Crippen molar-refractivity contribution in [3.8, 4) is 11.5 Å². The number of aromatic hydroxyl groups is 1. The number of carbonyl (C=O) groups excluding carboxylic acids is 1. The van der Waals surface area contributed by atoms with E-state index in [0.717, 1.165) is 24.0 Å². The molecule has 0 aromatic heterocycles. The Kier molecular flexibility index (Phi) is 2.15. The Morgan fingerprint density at radius 1 is 1.45 bits per heavy atom. The van der Waals surface area contributed by atoms with Crippen LogP contribution in [0.2, 0.25) is 0 Å². The first-order chi connectivity index (χ1) is 10.4. The van der Waals surface area contributed by atoms with Gasteiger partial charge < -0.3 is 19.7 Å². The van der Waals surface area contributed by atoms with E-state index in [0.29, 0.717) is 25.1 Å². The largest absolute Gasteiger partial charge is 0.633 e. The van der Waals surface area contributed by atoms with Crippen molar-refractivity contribution in [1.29, 1.82) is 0 Å². The van der Waals surface area contributed by atoms with Gasteiger partial charge in [-0.05, 0) is 18.1 Å². The molecule has 116 valence electrons. The minimum Gasteiger partial charge on any atom is -0.633 e. The van der Waals surface area contributed by atoms with Crippen molar-refractivity contribution in [2.75, 3.05) is 13.6 Å². The maximum Gasteiger partial charge on any atom is 0.174 e. The number of nitrogens with zero attached hydrogens (tertiary/aromatic N) is 1. The molecule has 2 heterocycles. The molecule has 1 aromatic carbocycles. The Bertz CT molecular complexity index is 713. The average molecular weight is 301 g/mol. The Labute approximate surface area is 128 Å². The molecule has 1 aromatic rings. The molecular formula is C17H19NO4. The van der Waals surface area contributed by atoms with E-state index in [1.807, 2.05) is 6.07 Å². The highest BCUT2D eigenvalue weighted by molar-refractivity contribution is 5.89. The fraction of sp³-hybridized carbons (Fsp3) is 0.588. The van der Waals surface area contributed by atoms with Gasteiger partial charge in [0.1, 0.15) is 0 Å². The van der Waals surface area contributed by atoms with Crippen molar-refractivity contribution < 1.29 is 19.3 Å². The summed E-state index contributed by atoms with van der Waals surface area (Å²) in [5, 5.41) is 23.2. The average Bonchev–Trinajstić information content (AvgIpc) is 2.84. The van der Waals surface area contributed by atoms with Crippen LogP contribution in [-0.2, 0) is 16.6 Å². The summed E-state index contributed by atoms with van der Waals surface area (Å²) >= 11 is 0. The molecule has 5 unspecified atom stereocenters. The summed E-state index contributed by atoms with van der Waals surface area (Å²) in [6.45, 7) is 0.517. The monoisotopic (exact) mass is 301 g/mol. The first kappa shape index (κ1) is 12.9. The van der Waals surface area contributed by atoms with Gasteiger partial charge in [-0.1, -0.05) is 6.07 Å². The number of hydrogen-bond donors (Lipinski definition) is 1. The lowest BCUT2D eigenvalue weighted by Gasteiger charge is -2.62. The van der Waals surface area contributed by atoms with Gasteiger partial charge in [-0.25, -0.2) is 0 Å². The molecule has 1 N–H and O–H groups in total. The van der Waals surface area contributed by atoms with Crippen LogP contribution < -0.4 is 4.74 Å². The normalized spacial score (nSPS) is 44.5. The summed E-state index contributed by atoms with van der Waals surface area (Å²) in [5.41, 5.74) is 1.75. The molecular weight excluding hydrogens is 282 g/mol. The highest BCUT2D eigenvalue weighted by Gasteiger charge is 2.68. The Balaban J connectivity index is 1.83. The number of ether oxygens (including phenoxy) is 1. The predicted octanol–water partition coefficient (Wildman–Crippen LogP) is 1.64. The molecule has 1 saturated carbocycles. The lowest BCUT2D eigenvalue weighted by molar-refractivity contribution is -0.899. The lowest BCUT2D eigenvalue weighted by atomic mass is 9.51. The topological polar surface area (TPSA) is 69.6 Å². The molecule has 5 heteroatoms. The Morgan fingerprint density at radius 3 is 3.09 bits per heavy atom. The van der Waals surface area contributed by atoms with Crippen LogP contribution in [0.1, 0.15) is 30.4 Å². The van der Waals surface area contributed by atoms with E-state index in [4.69, 9.17) is 4.74 Å². The van der Waals surface area contributed by atoms with Crippen LogP contribution in [0.4, 0.5) is 0 Å². The molecule has 2 aliphatic carbocycles. The van der Waals surface area contributed by atoms with Crippen molar-refractivity contribution in [2.24, 2.45) is 5.92 Å². The molecule has 5 atom stereocenters. The van der Waals surface area contributed by atoms with Gasteiger partial charge in [-0.2, -0.15) is 0 Å². The van der Waals surface area contributed by atoms with Crippen molar-refractivity contribution in [3.63, 3.8) is 0 Å². The quantitative estimate of drug-likeness (QED) is 0.584. The van der Waals surface area contributed by atoms with Crippen molar-refractivity contribution in [3.05, 3.63) is 28.5 Å². The molecule has 4 aliphatic rings. The number of benzene rings is 1. The molecule has 0 radical (unpaired) electrons. The van der Waals surface area contributed by atoms with E-state index < -0.39 is 6.10 Å². The maximum absolute atomic E-state index is 13.0. The molecule has 0 amide bonds. The first-order valence-electron chi connectivity index (χ1n) is 8.06. The van der Waals surface area contributed by atoms with E-state index in [2.05, 4.69) is 0 Å². The van der Waals surface area contributed by atoms with E-state index in [1.54, 1.807) is 13.1 Å². The molecule has 1 spiro atoms. The van der Waals surface area contributed by atoms with Gasteiger partial charge in [0, 0.05) is 30.7 Å². The summed E-state index contributed by atoms with van der Waals surface area (Å²) in [6, 6.07) is 3.54. The van der Waals surface area contributed by atoms with Gasteiger partial charge in [0.05, 0.1) is 25.0 Å². The number of piperidine rings is 1. The minimum absolute atomic E-state index is 0.00376. The van der Waals surface area contributed by atoms with E-state index in [1.165, 1.54) is 0 Å². The number of likely N-dealkylation sites (N-methyl/N-ethyl adjacent to an activating group) is 1. The number of phenols is 1. The van der Waals surface area contributed by atoms with E-state index in [-0.39, 0.29) is 33.6 Å². The summed E-state index contributed by atoms with van der Waals surface area (Å²) in [5.74, 6) is 0.933. The molecule has 5 nitrogen and oxygen atoms in total. The summed E-state index contributed by atoms with van der Waals surface area (Å²) in [7, 11) is 1.77. The second-order valence-corrected chi connectivity index (χ2v) is 7.52. The number of hydroxylamine groups is 3. The third kappa shape index (κ3) is 1.23. The van der Waals surface area contributed by atoms with Gasteiger partial charge >= 0.3 is 0 Å². The first-order valence-corrected chi connectivity index (χ1v) is 8.06. The zero-order valence-corrected chi connectivity index (χ0v) is 12.5. The van der Waals surface area contributed by atoms with Crippen LogP contribution in [0.15, 0.2) is 12.1 Å². The summed E-state index contributed by atoms with van der Waals surface area (Å²) in [4.78, 5) is 12.5. The Hall–Kier alpha value is -1.59. The van der Waals surface area contributed by atoms with E-state index >= 15 is 0 Å². The smallest absolute Gasteiger partial charge is 0.174 e. The van der Waals surface area contributed by atoms with Gasteiger partial charge in [0.25, 0.3) is 0 Å². The van der Waals surface area contributed by atoms with Crippen LogP contribution in [0, 0.1) is 11.1 Å². The van der Waals surface area contributed by atoms with Gasteiger partial charge in [-0.15, -0.1) is 0 Å². The van der Waals surface area contributed by atoms with Crippen LogP contribution in [0.25, 0.3) is 0 Å². The van der Waals surface area contributed by atoms with E-state index in [9.17, 15) is 15.1 Å². The standard InChI is InChI=1S/C17H19NO4/c1-18(21)7-6-17-10-3-5-13(20)16(17)22-15-12(19)4-2-9(14(15)17)8-11(10)18/h2,4,10-11,16,19H,3,5-8H2,1H3. The molecule has 2 aliphatic heterocycles. The van der Waals surface area contributed by atoms with Crippen molar-refractivity contribution in [2.45, 2.75) is 43.2 Å². The molecule has 2 bridgehead atoms. The molecule has 5 rings (SSSR count). The van der Waals surface area contributed by atoms with Gasteiger partial charge in [0.15, 0.2) is 23.4 Å². The highest BCUT2D eigenvalue weighted by Crippen LogP contribution is 2.63. The zero-order chi connectivity index (χ0) is 15.3.